The van der Waals surface area contributed by atoms with Gasteiger partial charge in [0.1, 0.15) is 5.82 Å². The zero-order valence-electron chi connectivity index (χ0n) is 11.0. The highest BCUT2D eigenvalue weighted by molar-refractivity contribution is 9.10. The van der Waals surface area contributed by atoms with E-state index in [1.165, 1.54) is 10.4 Å². The minimum absolute atomic E-state index is 0.662. The lowest BCUT2D eigenvalue weighted by molar-refractivity contribution is 0.949. The molecule has 102 valence electrons. The summed E-state index contributed by atoms with van der Waals surface area (Å²) in [7, 11) is 0. The normalized spacial score (nSPS) is 10.5. The molecular formula is C13H17BrN4S. The van der Waals surface area contributed by atoms with Crippen LogP contribution in [0.1, 0.15) is 23.8 Å². The van der Waals surface area contributed by atoms with Crippen LogP contribution in [0.4, 0.5) is 11.8 Å². The molecule has 0 atom stereocenters. The van der Waals surface area contributed by atoms with Crippen LogP contribution in [-0.4, -0.2) is 16.5 Å². The summed E-state index contributed by atoms with van der Waals surface area (Å²) in [5, 5.41) is 8.64. The number of anilines is 2. The number of thiophene rings is 1. The summed E-state index contributed by atoms with van der Waals surface area (Å²) in [6, 6.07) is 2.13. The monoisotopic (exact) mass is 340 g/mol. The van der Waals surface area contributed by atoms with Crippen LogP contribution in [0.25, 0.3) is 0 Å². The van der Waals surface area contributed by atoms with Crippen molar-refractivity contribution in [1.82, 2.24) is 9.97 Å². The van der Waals surface area contributed by atoms with E-state index in [1.807, 2.05) is 0 Å². The second-order valence-corrected chi connectivity index (χ2v) is 6.05. The Bertz CT molecular complexity index is 541. The van der Waals surface area contributed by atoms with E-state index in [0.717, 1.165) is 29.8 Å². The first-order valence-electron chi connectivity index (χ1n) is 6.24. The van der Waals surface area contributed by atoms with Gasteiger partial charge in [-0.3, -0.25) is 0 Å². The summed E-state index contributed by atoms with van der Waals surface area (Å²) in [4.78, 5) is 10.0. The third-order valence-electron chi connectivity index (χ3n) is 2.66. The highest BCUT2D eigenvalue weighted by atomic mass is 79.9. The molecule has 0 saturated carbocycles. The van der Waals surface area contributed by atoms with Crippen LogP contribution in [0, 0.1) is 6.92 Å². The fourth-order valence-corrected chi connectivity index (χ4v) is 2.74. The van der Waals surface area contributed by atoms with Crippen LogP contribution in [0.15, 0.2) is 22.1 Å². The van der Waals surface area contributed by atoms with Gasteiger partial charge in [0.05, 0.1) is 11.0 Å². The lowest BCUT2D eigenvalue weighted by Crippen LogP contribution is -2.08. The number of nitrogens with one attached hydrogen (secondary N) is 2. The van der Waals surface area contributed by atoms with Gasteiger partial charge >= 0.3 is 0 Å². The van der Waals surface area contributed by atoms with E-state index >= 15 is 0 Å². The van der Waals surface area contributed by atoms with Gasteiger partial charge in [-0.1, -0.05) is 6.92 Å². The Morgan fingerprint density at radius 1 is 1.37 bits per heavy atom. The van der Waals surface area contributed by atoms with E-state index in [2.05, 4.69) is 61.8 Å². The molecule has 0 radical (unpaired) electrons. The average molecular weight is 341 g/mol. The van der Waals surface area contributed by atoms with Gasteiger partial charge in [0.2, 0.25) is 5.95 Å². The summed E-state index contributed by atoms with van der Waals surface area (Å²) in [6.45, 7) is 5.90. The van der Waals surface area contributed by atoms with Crippen molar-refractivity contribution in [3.05, 3.63) is 32.6 Å². The van der Waals surface area contributed by atoms with Crippen LogP contribution < -0.4 is 10.6 Å². The fourth-order valence-electron chi connectivity index (χ4n) is 1.56. The zero-order chi connectivity index (χ0) is 13.7. The predicted molar refractivity (Wildman–Crippen MR) is 84.9 cm³/mol. The molecule has 0 spiro atoms. The molecule has 2 aromatic rings. The predicted octanol–water partition coefficient (Wildman–Crippen LogP) is 4.04. The summed E-state index contributed by atoms with van der Waals surface area (Å²) in [6.07, 6.45) is 2.82. The Hall–Kier alpha value is -1.14. The number of rotatable bonds is 6. The van der Waals surface area contributed by atoms with Gasteiger partial charge in [-0.2, -0.15) is 4.98 Å². The Labute approximate surface area is 125 Å². The molecule has 0 unspecified atom stereocenters. The molecule has 6 heteroatoms. The van der Waals surface area contributed by atoms with Crippen molar-refractivity contribution in [2.75, 3.05) is 17.2 Å². The van der Waals surface area contributed by atoms with Crippen LogP contribution >= 0.6 is 27.3 Å². The van der Waals surface area contributed by atoms with E-state index in [9.17, 15) is 0 Å². The van der Waals surface area contributed by atoms with Crippen molar-refractivity contribution in [1.29, 1.82) is 0 Å². The molecule has 0 aliphatic rings. The maximum atomic E-state index is 4.46. The van der Waals surface area contributed by atoms with E-state index in [4.69, 9.17) is 0 Å². The first-order chi connectivity index (χ1) is 9.20. The largest absolute Gasteiger partial charge is 0.364 e. The van der Waals surface area contributed by atoms with Crippen molar-refractivity contribution in [3.8, 4) is 0 Å². The van der Waals surface area contributed by atoms with Crippen LogP contribution in [-0.2, 0) is 6.54 Å². The van der Waals surface area contributed by atoms with Crippen molar-refractivity contribution in [3.63, 3.8) is 0 Å². The molecular weight excluding hydrogens is 324 g/mol. The molecule has 0 saturated heterocycles. The van der Waals surface area contributed by atoms with E-state index in [1.54, 1.807) is 17.5 Å². The Balaban J connectivity index is 2.04. The first-order valence-corrected chi connectivity index (χ1v) is 7.91. The quantitative estimate of drug-likeness (QED) is 0.832. The molecule has 2 aromatic heterocycles. The molecule has 4 nitrogen and oxygen atoms in total. The smallest absolute Gasteiger partial charge is 0.224 e. The van der Waals surface area contributed by atoms with Crippen molar-refractivity contribution >= 4 is 39.0 Å². The second kappa shape index (κ2) is 6.86. The molecule has 2 N–H and O–H groups in total. The molecule has 0 aliphatic heterocycles. The van der Waals surface area contributed by atoms with Crippen molar-refractivity contribution < 1.29 is 0 Å². The topological polar surface area (TPSA) is 49.8 Å². The maximum absolute atomic E-state index is 4.46. The molecule has 0 fully saturated rings. The fraction of sp³-hybridized carbons (Fsp3) is 0.385. The van der Waals surface area contributed by atoms with Gasteiger partial charge in [0.25, 0.3) is 0 Å². The van der Waals surface area contributed by atoms with Gasteiger partial charge in [0.15, 0.2) is 0 Å². The van der Waals surface area contributed by atoms with Crippen molar-refractivity contribution in [2.45, 2.75) is 26.8 Å². The molecule has 2 rings (SSSR count). The minimum Gasteiger partial charge on any atom is -0.364 e. The van der Waals surface area contributed by atoms with Crippen LogP contribution in [0.3, 0.4) is 0 Å². The molecule has 0 aromatic carbocycles. The maximum Gasteiger partial charge on any atom is 0.224 e. The summed E-state index contributed by atoms with van der Waals surface area (Å²) in [5.41, 5.74) is 1.31. The van der Waals surface area contributed by atoms with Gasteiger partial charge in [-0.25, -0.2) is 4.98 Å². The third kappa shape index (κ3) is 3.91. The standard InChI is InChI=1S/C13H17BrN4S/c1-3-5-15-13-17-7-10(14)12(18-13)16-8-11-9(2)4-6-19-11/h4,6-7H,3,5,8H2,1-2H3,(H2,15,16,17,18). The lowest BCUT2D eigenvalue weighted by Gasteiger charge is -2.09. The minimum atomic E-state index is 0.662. The molecule has 2 heterocycles. The number of hydrogen-bond acceptors (Lipinski definition) is 5. The summed E-state index contributed by atoms with van der Waals surface area (Å²) < 4.78 is 0.878. The van der Waals surface area contributed by atoms with Gasteiger partial charge in [0, 0.05) is 17.6 Å². The van der Waals surface area contributed by atoms with Gasteiger partial charge < -0.3 is 10.6 Å². The van der Waals surface area contributed by atoms with E-state index in [0.29, 0.717) is 5.95 Å². The SMILES string of the molecule is CCCNc1ncc(Br)c(NCc2sccc2C)n1. The van der Waals surface area contributed by atoms with Crippen molar-refractivity contribution in [2.24, 2.45) is 0 Å². The Morgan fingerprint density at radius 3 is 2.89 bits per heavy atom. The van der Waals surface area contributed by atoms with Crippen LogP contribution in [0.2, 0.25) is 0 Å². The zero-order valence-corrected chi connectivity index (χ0v) is 13.4. The average Bonchev–Trinajstić information content (AvgIpc) is 2.82. The van der Waals surface area contributed by atoms with E-state index < -0.39 is 0 Å². The number of hydrogen-bond donors (Lipinski definition) is 2. The lowest BCUT2D eigenvalue weighted by atomic mass is 10.3. The third-order valence-corrected chi connectivity index (χ3v) is 4.27. The molecule has 0 amide bonds. The van der Waals surface area contributed by atoms with Crippen LogP contribution in [0.5, 0.6) is 0 Å². The number of nitrogens with zero attached hydrogens (tertiary/aromatic N) is 2. The van der Waals surface area contributed by atoms with Gasteiger partial charge in [-0.15, -0.1) is 11.3 Å². The summed E-state index contributed by atoms with van der Waals surface area (Å²) >= 11 is 5.23. The number of halogens is 1. The number of aromatic nitrogens is 2. The first kappa shape index (κ1) is 14.3. The Kier molecular flexibility index (Phi) is 5.15. The molecule has 0 bridgehead atoms. The highest BCUT2D eigenvalue weighted by Crippen LogP contribution is 2.22. The highest BCUT2D eigenvalue weighted by Gasteiger charge is 2.06. The molecule has 0 aliphatic carbocycles. The molecule has 19 heavy (non-hydrogen) atoms. The van der Waals surface area contributed by atoms with E-state index in [-0.39, 0.29) is 0 Å². The Morgan fingerprint density at radius 2 is 2.21 bits per heavy atom. The second-order valence-electron chi connectivity index (χ2n) is 4.20. The number of aryl methyl sites for hydroxylation is 1. The van der Waals surface area contributed by atoms with Gasteiger partial charge in [-0.05, 0) is 46.3 Å². The summed E-state index contributed by atoms with van der Waals surface area (Å²) in [5.74, 6) is 1.48.